The van der Waals surface area contributed by atoms with Crippen LogP contribution in [0.15, 0.2) is 11.3 Å². The standard InChI is InChI=1S/C7H14N6/c1-2-9-7(8)10-4-3-6-11-5-12-13-6/h5H,2-4H2,1H3,(H3,8,9,10)(H,11,12,13). The van der Waals surface area contributed by atoms with Crippen LogP contribution in [0.5, 0.6) is 0 Å². The van der Waals surface area contributed by atoms with E-state index in [4.69, 9.17) is 5.73 Å². The molecule has 0 aliphatic carbocycles. The Balaban J connectivity index is 2.24. The lowest BCUT2D eigenvalue weighted by atomic mass is 10.4. The van der Waals surface area contributed by atoms with E-state index in [1.807, 2.05) is 6.92 Å². The molecule has 1 rings (SSSR count). The van der Waals surface area contributed by atoms with E-state index < -0.39 is 0 Å². The fraction of sp³-hybridized carbons (Fsp3) is 0.571. The maximum Gasteiger partial charge on any atom is 0.188 e. The van der Waals surface area contributed by atoms with Gasteiger partial charge in [0.25, 0.3) is 0 Å². The van der Waals surface area contributed by atoms with Gasteiger partial charge in [0, 0.05) is 19.5 Å². The molecule has 0 aromatic carbocycles. The molecule has 0 atom stereocenters. The maximum atomic E-state index is 5.52. The fourth-order valence-electron chi connectivity index (χ4n) is 0.871. The minimum atomic E-state index is 0.474. The summed E-state index contributed by atoms with van der Waals surface area (Å²) in [6, 6.07) is 0. The third-order valence-corrected chi connectivity index (χ3v) is 1.45. The molecule has 0 aliphatic heterocycles. The Morgan fingerprint density at radius 3 is 3.23 bits per heavy atom. The smallest absolute Gasteiger partial charge is 0.188 e. The van der Waals surface area contributed by atoms with E-state index in [-0.39, 0.29) is 0 Å². The molecule has 72 valence electrons. The zero-order chi connectivity index (χ0) is 9.52. The Kier molecular flexibility index (Phi) is 3.74. The number of nitrogens with one attached hydrogen (secondary N) is 2. The van der Waals surface area contributed by atoms with Crippen LogP contribution in [-0.4, -0.2) is 34.2 Å². The number of H-pyrrole nitrogens is 1. The second-order valence-electron chi connectivity index (χ2n) is 2.48. The molecule has 0 radical (unpaired) electrons. The molecule has 6 heteroatoms. The van der Waals surface area contributed by atoms with E-state index >= 15 is 0 Å². The summed E-state index contributed by atoms with van der Waals surface area (Å²) in [4.78, 5) is 8.05. The molecule has 0 saturated heterocycles. The molecule has 1 aromatic rings. The minimum Gasteiger partial charge on any atom is -0.370 e. The first kappa shape index (κ1) is 9.50. The van der Waals surface area contributed by atoms with E-state index in [2.05, 4.69) is 25.5 Å². The Hall–Kier alpha value is -1.59. The van der Waals surface area contributed by atoms with E-state index in [0.717, 1.165) is 18.8 Å². The van der Waals surface area contributed by atoms with Gasteiger partial charge in [-0.3, -0.25) is 10.1 Å². The van der Waals surface area contributed by atoms with Crippen molar-refractivity contribution in [2.75, 3.05) is 13.1 Å². The van der Waals surface area contributed by atoms with Gasteiger partial charge >= 0.3 is 0 Å². The molecule has 0 aliphatic rings. The minimum absolute atomic E-state index is 0.474. The number of hydrogen-bond acceptors (Lipinski definition) is 3. The van der Waals surface area contributed by atoms with Gasteiger partial charge in [0.1, 0.15) is 12.2 Å². The molecular formula is C7H14N6. The molecule has 0 unspecified atom stereocenters. The van der Waals surface area contributed by atoms with Gasteiger partial charge < -0.3 is 11.1 Å². The van der Waals surface area contributed by atoms with Crippen molar-refractivity contribution in [1.29, 1.82) is 0 Å². The lowest BCUT2D eigenvalue weighted by Crippen LogP contribution is -2.31. The molecule has 0 amide bonds. The Bertz CT molecular complexity index is 252. The SMILES string of the molecule is CCNC(N)=NCCc1ncn[nH]1. The lowest BCUT2D eigenvalue weighted by Gasteiger charge is -1.99. The molecule has 6 nitrogen and oxygen atoms in total. The first-order valence-corrected chi connectivity index (χ1v) is 4.21. The zero-order valence-electron chi connectivity index (χ0n) is 7.62. The quantitative estimate of drug-likeness (QED) is 0.423. The number of rotatable bonds is 4. The zero-order valence-corrected chi connectivity index (χ0v) is 7.62. The van der Waals surface area contributed by atoms with Crippen LogP contribution in [0.4, 0.5) is 0 Å². The van der Waals surface area contributed by atoms with Gasteiger partial charge in [-0.05, 0) is 6.92 Å². The number of nitrogens with zero attached hydrogens (tertiary/aromatic N) is 3. The maximum absolute atomic E-state index is 5.52. The fourth-order valence-corrected chi connectivity index (χ4v) is 0.871. The number of aromatic nitrogens is 3. The molecule has 0 saturated carbocycles. The van der Waals surface area contributed by atoms with Crippen LogP contribution >= 0.6 is 0 Å². The molecule has 0 fully saturated rings. The summed E-state index contributed by atoms with van der Waals surface area (Å²) >= 11 is 0. The van der Waals surface area contributed by atoms with Gasteiger partial charge in [0.05, 0.1) is 0 Å². The van der Waals surface area contributed by atoms with Crippen molar-refractivity contribution in [2.24, 2.45) is 10.7 Å². The second-order valence-corrected chi connectivity index (χ2v) is 2.48. The summed E-state index contributed by atoms with van der Waals surface area (Å²) in [6.07, 6.45) is 2.21. The Morgan fingerprint density at radius 2 is 2.62 bits per heavy atom. The van der Waals surface area contributed by atoms with Gasteiger partial charge in [-0.25, -0.2) is 4.98 Å². The lowest BCUT2D eigenvalue weighted by molar-refractivity contribution is 0.856. The second kappa shape index (κ2) is 5.13. The van der Waals surface area contributed by atoms with Crippen LogP contribution < -0.4 is 11.1 Å². The van der Waals surface area contributed by atoms with Crippen molar-refractivity contribution >= 4 is 5.96 Å². The van der Waals surface area contributed by atoms with Crippen LogP contribution in [0.1, 0.15) is 12.7 Å². The Morgan fingerprint density at radius 1 is 1.77 bits per heavy atom. The van der Waals surface area contributed by atoms with E-state index in [9.17, 15) is 0 Å². The number of aromatic amines is 1. The van der Waals surface area contributed by atoms with Gasteiger partial charge in [-0.2, -0.15) is 5.10 Å². The summed E-state index contributed by atoms with van der Waals surface area (Å²) < 4.78 is 0. The molecule has 1 heterocycles. The normalized spacial score (nSPS) is 11.6. The van der Waals surface area contributed by atoms with E-state index in [0.29, 0.717) is 12.5 Å². The number of hydrogen-bond donors (Lipinski definition) is 3. The predicted molar refractivity (Wildman–Crippen MR) is 50.3 cm³/mol. The third-order valence-electron chi connectivity index (χ3n) is 1.45. The molecular weight excluding hydrogens is 168 g/mol. The van der Waals surface area contributed by atoms with E-state index in [1.54, 1.807) is 0 Å². The third kappa shape index (κ3) is 3.55. The van der Waals surface area contributed by atoms with Gasteiger partial charge in [0.2, 0.25) is 0 Å². The summed E-state index contributed by atoms with van der Waals surface area (Å²) in [5, 5.41) is 9.38. The average molecular weight is 182 g/mol. The van der Waals surface area contributed by atoms with Crippen LogP contribution in [0, 0.1) is 0 Å². The van der Waals surface area contributed by atoms with Crippen molar-refractivity contribution in [2.45, 2.75) is 13.3 Å². The van der Waals surface area contributed by atoms with E-state index in [1.165, 1.54) is 6.33 Å². The number of guanidine groups is 1. The monoisotopic (exact) mass is 182 g/mol. The first-order chi connectivity index (χ1) is 6.33. The van der Waals surface area contributed by atoms with Crippen LogP contribution in [0.3, 0.4) is 0 Å². The topological polar surface area (TPSA) is 92.0 Å². The molecule has 0 spiro atoms. The largest absolute Gasteiger partial charge is 0.370 e. The highest BCUT2D eigenvalue weighted by molar-refractivity contribution is 5.77. The van der Waals surface area contributed by atoms with Crippen molar-refractivity contribution in [3.63, 3.8) is 0 Å². The molecule has 1 aromatic heterocycles. The molecule has 0 bridgehead atoms. The van der Waals surface area contributed by atoms with Gasteiger partial charge in [-0.15, -0.1) is 0 Å². The Labute approximate surface area is 76.7 Å². The molecule has 13 heavy (non-hydrogen) atoms. The highest BCUT2D eigenvalue weighted by Gasteiger charge is 1.93. The molecule has 4 N–H and O–H groups in total. The average Bonchev–Trinajstić information content (AvgIpc) is 2.57. The van der Waals surface area contributed by atoms with Crippen molar-refractivity contribution in [1.82, 2.24) is 20.5 Å². The number of nitrogens with two attached hydrogens (primary N) is 1. The highest BCUT2D eigenvalue weighted by Crippen LogP contribution is 1.87. The van der Waals surface area contributed by atoms with Crippen LogP contribution in [0.2, 0.25) is 0 Å². The summed E-state index contributed by atoms with van der Waals surface area (Å²) in [5.74, 6) is 1.30. The van der Waals surface area contributed by atoms with Crippen molar-refractivity contribution in [3.05, 3.63) is 12.2 Å². The number of aliphatic imine (C=N–C) groups is 1. The van der Waals surface area contributed by atoms with Crippen LogP contribution in [-0.2, 0) is 6.42 Å². The first-order valence-electron chi connectivity index (χ1n) is 4.21. The summed E-state index contributed by atoms with van der Waals surface area (Å²) in [7, 11) is 0. The van der Waals surface area contributed by atoms with Crippen LogP contribution in [0.25, 0.3) is 0 Å². The van der Waals surface area contributed by atoms with Gasteiger partial charge in [-0.1, -0.05) is 0 Å². The highest BCUT2D eigenvalue weighted by atomic mass is 15.2. The van der Waals surface area contributed by atoms with Crippen molar-refractivity contribution < 1.29 is 0 Å². The summed E-state index contributed by atoms with van der Waals surface area (Å²) in [6.45, 7) is 3.38. The van der Waals surface area contributed by atoms with Crippen molar-refractivity contribution in [3.8, 4) is 0 Å². The summed E-state index contributed by atoms with van der Waals surface area (Å²) in [5.41, 5.74) is 5.52. The van der Waals surface area contributed by atoms with Gasteiger partial charge in [0.15, 0.2) is 5.96 Å². The predicted octanol–water partition coefficient (Wildman–Crippen LogP) is -0.729.